The Morgan fingerprint density at radius 1 is 1.23 bits per heavy atom. The van der Waals surface area contributed by atoms with Crippen LogP contribution in [-0.2, 0) is 11.2 Å². The topological polar surface area (TPSA) is 71.9 Å². The standard InChI is InChI=1S/C21H22F3N5OS/c1-13-27-28-20(31-13)17-3-2-15-12-25-16(10-18(15)26-17)11-19(30)14-4-7-29(8-5-14)9-6-21(22,23)24/h2-3,10,12,14H,4-9,11H2,1H3. The molecule has 0 bridgehead atoms. The van der Waals surface area contributed by atoms with Gasteiger partial charge in [-0.1, -0.05) is 11.3 Å². The van der Waals surface area contributed by atoms with E-state index in [1.165, 1.54) is 11.3 Å². The third-order valence-corrected chi connectivity index (χ3v) is 6.35. The number of piperidine rings is 1. The van der Waals surface area contributed by atoms with Crippen molar-refractivity contribution < 1.29 is 18.0 Å². The molecule has 6 nitrogen and oxygen atoms in total. The van der Waals surface area contributed by atoms with E-state index < -0.39 is 12.6 Å². The molecule has 0 atom stereocenters. The van der Waals surface area contributed by atoms with Crippen LogP contribution in [0, 0.1) is 12.8 Å². The van der Waals surface area contributed by atoms with Crippen LogP contribution >= 0.6 is 11.3 Å². The van der Waals surface area contributed by atoms with E-state index in [1.54, 1.807) is 11.1 Å². The van der Waals surface area contributed by atoms with Gasteiger partial charge in [0.25, 0.3) is 0 Å². The van der Waals surface area contributed by atoms with Crippen molar-refractivity contribution in [2.45, 2.75) is 38.8 Å². The van der Waals surface area contributed by atoms with Gasteiger partial charge >= 0.3 is 6.18 Å². The fraction of sp³-hybridized carbons (Fsp3) is 0.476. The van der Waals surface area contributed by atoms with Crippen LogP contribution in [0.25, 0.3) is 21.6 Å². The third kappa shape index (κ3) is 5.62. The van der Waals surface area contributed by atoms with E-state index in [4.69, 9.17) is 0 Å². The van der Waals surface area contributed by atoms with E-state index >= 15 is 0 Å². The summed E-state index contributed by atoms with van der Waals surface area (Å²) in [6.45, 7) is 2.92. The van der Waals surface area contributed by atoms with Crippen LogP contribution < -0.4 is 0 Å². The predicted octanol–water partition coefficient (Wildman–Crippen LogP) is 4.23. The molecule has 1 aliphatic heterocycles. The van der Waals surface area contributed by atoms with Crippen molar-refractivity contribution in [3.63, 3.8) is 0 Å². The lowest BCUT2D eigenvalue weighted by Crippen LogP contribution is -2.38. The van der Waals surface area contributed by atoms with Gasteiger partial charge in [-0.2, -0.15) is 13.2 Å². The first-order chi connectivity index (χ1) is 14.8. The van der Waals surface area contributed by atoms with E-state index in [0.717, 1.165) is 26.6 Å². The number of aromatic nitrogens is 4. The second-order valence-electron chi connectivity index (χ2n) is 7.82. The second kappa shape index (κ2) is 8.96. The number of carbonyl (C=O) groups is 1. The summed E-state index contributed by atoms with van der Waals surface area (Å²) in [7, 11) is 0. The fourth-order valence-electron chi connectivity index (χ4n) is 3.76. The van der Waals surface area contributed by atoms with Crippen molar-refractivity contribution in [2.24, 2.45) is 5.92 Å². The highest BCUT2D eigenvalue weighted by Gasteiger charge is 2.30. The molecule has 31 heavy (non-hydrogen) atoms. The zero-order valence-electron chi connectivity index (χ0n) is 17.0. The molecule has 4 heterocycles. The number of ketones is 1. The Morgan fingerprint density at radius 2 is 2.00 bits per heavy atom. The summed E-state index contributed by atoms with van der Waals surface area (Å²) in [4.78, 5) is 23.6. The molecule has 0 N–H and O–H groups in total. The Kier molecular flexibility index (Phi) is 6.29. The maximum atomic E-state index is 12.7. The number of nitrogens with zero attached hydrogens (tertiary/aromatic N) is 5. The zero-order valence-corrected chi connectivity index (χ0v) is 17.8. The quantitative estimate of drug-likeness (QED) is 0.561. The lowest BCUT2D eigenvalue weighted by Gasteiger charge is -2.31. The molecule has 164 valence electrons. The van der Waals surface area contributed by atoms with Crippen molar-refractivity contribution in [1.82, 2.24) is 25.1 Å². The number of alkyl halides is 3. The molecule has 0 saturated carbocycles. The lowest BCUT2D eigenvalue weighted by atomic mass is 9.90. The molecule has 0 spiro atoms. The maximum Gasteiger partial charge on any atom is 0.390 e. The molecule has 10 heteroatoms. The van der Waals surface area contributed by atoms with Gasteiger partial charge in [-0.15, -0.1) is 10.2 Å². The summed E-state index contributed by atoms with van der Waals surface area (Å²) in [5.41, 5.74) is 2.12. The van der Waals surface area contributed by atoms with Gasteiger partial charge in [-0.25, -0.2) is 4.98 Å². The number of aryl methyl sites for hydroxylation is 1. The molecule has 0 aliphatic carbocycles. The lowest BCUT2D eigenvalue weighted by molar-refractivity contribution is -0.139. The van der Waals surface area contributed by atoms with Gasteiger partial charge < -0.3 is 4.90 Å². The molecule has 3 aromatic heterocycles. The number of hydrogen-bond donors (Lipinski definition) is 0. The molecule has 0 amide bonds. The monoisotopic (exact) mass is 449 g/mol. The molecule has 0 unspecified atom stereocenters. The summed E-state index contributed by atoms with van der Waals surface area (Å²) in [5, 5.41) is 10.6. The first kappa shape index (κ1) is 21.8. The van der Waals surface area contributed by atoms with Crippen LogP contribution in [0.2, 0.25) is 0 Å². The van der Waals surface area contributed by atoms with E-state index in [1.807, 2.05) is 25.1 Å². The van der Waals surface area contributed by atoms with Crippen molar-refractivity contribution in [1.29, 1.82) is 0 Å². The second-order valence-corrected chi connectivity index (χ2v) is 9.00. The van der Waals surface area contributed by atoms with Gasteiger partial charge in [0, 0.05) is 36.2 Å². The minimum Gasteiger partial charge on any atom is -0.303 e. The number of rotatable bonds is 6. The van der Waals surface area contributed by atoms with Crippen LogP contribution in [0.5, 0.6) is 0 Å². The molecule has 1 aliphatic rings. The molecule has 0 radical (unpaired) electrons. The average Bonchev–Trinajstić information content (AvgIpc) is 3.18. The molecular formula is C21H22F3N5OS. The number of halogens is 3. The van der Waals surface area contributed by atoms with Gasteiger partial charge in [0.1, 0.15) is 16.5 Å². The van der Waals surface area contributed by atoms with E-state index in [2.05, 4.69) is 20.2 Å². The number of pyridine rings is 2. The molecule has 3 aromatic rings. The Morgan fingerprint density at radius 3 is 2.68 bits per heavy atom. The summed E-state index contributed by atoms with van der Waals surface area (Å²) in [6, 6.07) is 5.62. The van der Waals surface area contributed by atoms with Crippen LogP contribution in [0.4, 0.5) is 13.2 Å². The highest BCUT2D eigenvalue weighted by atomic mass is 32.1. The number of carbonyl (C=O) groups excluding carboxylic acids is 1. The van der Waals surface area contributed by atoms with Gasteiger partial charge in [-0.05, 0) is 51.1 Å². The molecule has 1 fully saturated rings. The maximum absolute atomic E-state index is 12.7. The van der Waals surface area contributed by atoms with Crippen LogP contribution in [0.3, 0.4) is 0 Å². The summed E-state index contributed by atoms with van der Waals surface area (Å²) in [5.74, 6) is -0.0541. The number of fused-ring (bicyclic) bond motifs is 1. The van der Waals surface area contributed by atoms with E-state index in [-0.39, 0.29) is 24.7 Å². The van der Waals surface area contributed by atoms with Crippen LogP contribution in [-0.4, -0.2) is 56.7 Å². The van der Waals surface area contributed by atoms with Crippen molar-refractivity contribution in [2.75, 3.05) is 19.6 Å². The minimum absolute atomic E-state index is 0.00121. The number of likely N-dealkylation sites (tertiary alicyclic amines) is 1. The molecule has 0 aromatic carbocycles. The first-order valence-corrected chi connectivity index (χ1v) is 11.0. The average molecular weight is 450 g/mol. The highest BCUT2D eigenvalue weighted by Crippen LogP contribution is 2.26. The Balaban J connectivity index is 1.38. The minimum atomic E-state index is -4.14. The highest BCUT2D eigenvalue weighted by molar-refractivity contribution is 7.14. The molecule has 1 saturated heterocycles. The van der Waals surface area contributed by atoms with E-state index in [0.29, 0.717) is 31.6 Å². The smallest absolute Gasteiger partial charge is 0.303 e. The van der Waals surface area contributed by atoms with Crippen LogP contribution in [0.1, 0.15) is 30.0 Å². The van der Waals surface area contributed by atoms with Crippen LogP contribution in [0.15, 0.2) is 24.4 Å². The molecule has 4 rings (SSSR count). The largest absolute Gasteiger partial charge is 0.390 e. The predicted molar refractivity (Wildman–Crippen MR) is 112 cm³/mol. The summed E-state index contributed by atoms with van der Waals surface area (Å²) in [6.07, 6.45) is -1.87. The van der Waals surface area contributed by atoms with Gasteiger partial charge in [0.15, 0.2) is 5.01 Å². The Bertz CT molecular complexity index is 1080. The summed E-state index contributed by atoms with van der Waals surface area (Å²) < 4.78 is 37.2. The Hall–Kier alpha value is -2.46. The van der Waals surface area contributed by atoms with Crippen molar-refractivity contribution in [3.8, 4) is 10.7 Å². The number of hydrogen-bond acceptors (Lipinski definition) is 7. The van der Waals surface area contributed by atoms with Crippen molar-refractivity contribution in [3.05, 3.63) is 35.1 Å². The number of Topliss-reactive ketones (excluding diaryl/α,β-unsaturated/α-hetero) is 1. The fourth-order valence-corrected chi connectivity index (χ4v) is 4.42. The molecular weight excluding hydrogens is 427 g/mol. The van der Waals surface area contributed by atoms with Gasteiger partial charge in [0.2, 0.25) is 0 Å². The first-order valence-electron chi connectivity index (χ1n) is 10.1. The Labute approximate surface area is 181 Å². The van der Waals surface area contributed by atoms with Gasteiger partial charge in [-0.3, -0.25) is 9.78 Å². The summed E-state index contributed by atoms with van der Waals surface area (Å²) >= 11 is 1.47. The third-order valence-electron chi connectivity index (χ3n) is 5.49. The van der Waals surface area contributed by atoms with Gasteiger partial charge in [0.05, 0.1) is 11.9 Å². The van der Waals surface area contributed by atoms with Crippen molar-refractivity contribution >= 4 is 28.0 Å². The zero-order chi connectivity index (χ0) is 22.0. The normalized spacial score (nSPS) is 16.1. The van der Waals surface area contributed by atoms with E-state index in [9.17, 15) is 18.0 Å². The SMILES string of the molecule is Cc1nnc(-c2ccc3cnc(CC(=O)C4CCN(CCC(F)(F)F)CC4)cc3n2)s1.